The van der Waals surface area contributed by atoms with Gasteiger partial charge >= 0.3 is 0 Å². The standard InChI is InChI=1S/C19H20N2O4/c1-2-3-13-25-18-10-5-4-7-15(18)11-12-19(22)20-16-8-6-9-17(14-16)21(23)24/h4-12,14H,2-3,13H2,1H3,(H,20,22)/b12-11+. The van der Waals surface area contributed by atoms with E-state index >= 15 is 0 Å². The molecule has 0 atom stereocenters. The average Bonchev–Trinajstić information content (AvgIpc) is 2.61. The van der Waals surface area contributed by atoms with E-state index in [1.165, 1.54) is 24.3 Å². The molecule has 1 amide bonds. The van der Waals surface area contributed by atoms with Gasteiger partial charge in [-0.3, -0.25) is 14.9 Å². The fourth-order valence-corrected chi connectivity index (χ4v) is 2.12. The highest BCUT2D eigenvalue weighted by atomic mass is 16.6. The van der Waals surface area contributed by atoms with Crippen LogP contribution in [0.4, 0.5) is 11.4 Å². The number of anilines is 1. The fourth-order valence-electron chi connectivity index (χ4n) is 2.12. The Morgan fingerprint density at radius 1 is 1.24 bits per heavy atom. The first kappa shape index (κ1) is 18.2. The first-order chi connectivity index (χ1) is 12.1. The fraction of sp³-hybridized carbons (Fsp3) is 0.211. The summed E-state index contributed by atoms with van der Waals surface area (Å²) < 4.78 is 5.71. The molecule has 0 saturated carbocycles. The van der Waals surface area contributed by atoms with Gasteiger partial charge in [0.15, 0.2) is 0 Å². The van der Waals surface area contributed by atoms with Crippen molar-refractivity contribution < 1.29 is 14.5 Å². The molecule has 6 nitrogen and oxygen atoms in total. The highest BCUT2D eigenvalue weighted by molar-refractivity contribution is 6.02. The van der Waals surface area contributed by atoms with Gasteiger partial charge in [-0.1, -0.05) is 37.6 Å². The molecule has 0 aliphatic carbocycles. The molecule has 2 aromatic carbocycles. The summed E-state index contributed by atoms with van der Waals surface area (Å²) in [6.45, 7) is 2.72. The van der Waals surface area contributed by atoms with Gasteiger partial charge in [0, 0.05) is 29.5 Å². The van der Waals surface area contributed by atoms with Crippen molar-refractivity contribution in [3.63, 3.8) is 0 Å². The normalized spacial score (nSPS) is 10.6. The number of ether oxygens (including phenoxy) is 1. The van der Waals surface area contributed by atoms with Crippen molar-refractivity contribution in [2.45, 2.75) is 19.8 Å². The summed E-state index contributed by atoms with van der Waals surface area (Å²) in [5.41, 5.74) is 1.10. The summed E-state index contributed by atoms with van der Waals surface area (Å²) in [7, 11) is 0. The molecule has 25 heavy (non-hydrogen) atoms. The molecule has 0 aliphatic rings. The zero-order chi connectivity index (χ0) is 18.1. The number of benzene rings is 2. The predicted molar refractivity (Wildman–Crippen MR) is 97.6 cm³/mol. The van der Waals surface area contributed by atoms with Crippen LogP contribution in [0.5, 0.6) is 5.75 Å². The second-order valence-corrected chi connectivity index (χ2v) is 5.37. The molecule has 1 N–H and O–H groups in total. The van der Waals surface area contributed by atoms with E-state index in [4.69, 9.17) is 4.74 Å². The molecule has 130 valence electrons. The molecule has 0 aliphatic heterocycles. The van der Waals surface area contributed by atoms with Crippen molar-refractivity contribution in [1.29, 1.82) is 0 Å². The van der Waals surface area contributed by atoms with Crippen molar-refractivity contribution in [3.05, 3.63) is 70.3 Å². The first-order valence-electron chi connectivity index (χ1n) is 8.05. The number of nitrogens with zero attached hydrogens (tertiary/aromatic N) is 1. The van der Waals surface area contributed by atoms with Gasteiger partial charge in [0.25, 0.3) is 5.69 Å². The largest absolute Gasteiger partial charge is 0.493 e. The summed E-state index contributed by atoms with van der Waals surface area (Å²) in [4.78, 5) is 22.3. The van der Waals surface area contributed by atoms with Gasteiger partial charge in [-0.05, 0) is 24.6 Å². The van der Waals surface area contributed by atoms with Crippen LogP contribution in [-0.2, 0) is 4.79 Å². The number of non-ortho nitro benzene ring substituents is 1. The maximum Gasteiger partial charge on any atom is 0.271 e. The molecular formula is C19H20N2O4. The van der Waals surface area contributed by atoms with E-state index in [-0.39, 0.29) is 11.6 Å². The minimum Gasteiger partial charge on any atom is -0.493 e. The highest BCUT2D eigenvalue weighted by Crippen LogP contribution is 2.20. The van der Waals surface area contributed by atoms with E-state index in [0.29, 0.717) is 12.3 Å². The van der Waals surface area contributed by atoms with Crippen LogP contribution in [0.2, 0.25) is 0 Å². The lowest BCUT2D eigenvalue weighted by molar-refractivity contribution is -0.384. The lowest BCUT2D eigenvalue weighted by atomic mass is 10.2. The summed E-state index contributed by atoms with van der Waals surface area (Å²) in [5.74, 6) is 0.346. The Morgan fingerprint density at radius 3 is 2.80 bits per heavy atom. The van der Waals surface area contributed by atoms with Crippen molar-refractivity contribution in [2.75, 3.05) is 11.9 Å². The monoisotopic (exact) mass is 340 g/mol. The summed E-state index contributed by atoms with van der Waals surface area (Å²) in [5, 5.41) is 13.4. The second kappa shape index (κ2) is 9.22. The van der Waals surface area contributed by atoms with Crippen LogP contribution in [0.1, 0.15) is 25.3 Å². The van der Waals surface area contributed by atoms with Gasteiger partial charge in [-0.25, -0.2) is 0 Å². The lowest BCUT2D eigenvalue weighted by Gasteiger charge is -2.08. The van der Waals surface area contributed by atoms with E-state index in [1.807, 2.05) is 24.3 Å². The zero-order valence-corrected chi connectivity index (χ0v) is 14.0. The van der Waals surface area contributed by atoms with Gasteiger partial charge in [0.2, 0.25) is 5.91 Å². The number of carbonyl (C=O) groups excluding carboxylic acids is 1. The third-order valence-electron chi connectivity index (χ3n) is 3.41. The van der Waals surface area contributed by atoms with E-state index in [9.17, 15) is 14.9 Å². The Bertz CT molecular complexity index is 772. The van der Waals surface area contributed by atoms with Crippen molar-refractivity contribution in [1.82, 2.24) is 0 Å². The van der Waals surface area contributed by atoms with Gasteiger partial charge in [-0.15, -0.1) is 0 Å². The van der Waals surface area contributed by atoms with Gasteiger partial charge in [-0.2, -0.15) is 0 Å². The highest BCUT2D eigenvalue weighted by Gasteiger charge is 2.07. The molecule has 0 radical (unpaired) electrons. The first-order valence-corrected chi connectivity index (χ1v) is 8.05. The maximum atomic E-state index is 12.0. The quantitative estimate of drug-likeness (QED) is 0.334. The van der Waals surface area contributed by atoms with Gasteiger partial charge in [0.1, 0.15) is 5.75 Å². The van der Waals surface area contributed by atoms with Crippen LogP contribution in [0.15, 0.2) is 54.6 Å². The molecule has 0 bridgehead atoms. The molecule has 6 heteroatoms. The Morgan fingerprint density at radius 2 is 2.04 bits per heavy atom. The van der Waals surface area contributed by atoms with Crippen LogP contribution in [0, 0.1) is 10.1 Å². The molecule has 0 aromatic heterocycles. The number of hydrogen-bond donors (Lipinski definition) is 1. The molecular weight excluding hydrogens is 320 g/mol. The van der Waals surface area contributed by atoms with Crippen molar-refractivity contribution >= 4 is 23.4 Å². The Kier molecular flexibility index (Phi) is 6.71. The topological polar surface area (TPSA) is 81.5 Å². The number of para-hydroxylation sites is 1. The maximum absolute atomic E-state index is 12.0. The van der Waals surface area contributed by atoms with Gasteiger partial charge in [0.05, 0.1) is 11.5 Å². The van der Waals surface area contributed by atoms with E-state index in [1.54, 1.807) is 12.1 Å². The summed E-state index contributed by atoms with van der Waals surface area (Å²) >= 11 is 0. The smallest absolute Gasteiger partial charge is 0.271 e. The van der Waals surface area contributed by atoms with Crippen LogP contribution < -0.4 is 10.1 Å². The number of amides is 1. The molecule has 0 saturated heterocycles. The number of nitro groups is 1. The number of unbranched alkanes of at least 4 members (excludes halogenated alkanes) is 1. The molecule has 0 heterocycles. The van der Waals surface area contributed by atoms with E-state index in [2.05, 4.69) is 12.2 Å². The molecule has 2 rings (SSSR count). The molecule has 2 aromatic rings. The second-order valence-electron chi connectivity index (χ2n) is 5.37. The van der Waals surface area contributed by atoms with Crippen molar-refractivity contribution in [2.24, 2.45) is 0 Å². The SMILES string of the molecule is CCCCOc1ccccc1/C=C/C(=O)Nc1cccc([N+](=O)[O-])c1. The van der Waals surface area contributed by atoms with Crippen LogP contribution in [-0.4, -0.2) is 17.4 Å². The molecule has 0 unspecified atom stereocenters. The van der Waals surface area contributed by atoms with Crippen LogP contribution in [0.3, 0.4) is 0 Å². The van der Waals surface area contributed by atoms with E-state index < -0.39 is 4.92 Å². The van der Waals surface area contributed by atoms with E-state index in [0.717, 1.165) is 24.2 Å². The number of nitro benzene ring substituents is 1. The number of nitrogens with one attached hydrogen (secondary N) is 1. The third-order valence-corrected chi connectivity index (χ3v) is 3.41. The average molecular weight is 340 g/mol. The number of rotatable bonds is 8. The molecule has 0 spiro atoms. The zero-order valence-electron chi connectivity index (χ0n) is 14.0. The minimum absolute atomic E-state index is 0.0727. The third kappa shape index (κ3) is 5.76. The van der Waals surface area contributed by atoms with Crippen LogP contribution in [0.25, 0.3) is 6.08 Å². The summed E-state index contributed by atoms with van der Waals surface area (Å²) in [6, 6.07) is 13.3. The summed E-state index contributed by atoms with van der Waals surface area (Å²) in [6.07, 6.45) is 5.05. The Labute approximate surface area is 146 Å². The Hall–Kier alpha value is -3.15. The molecule has 0 fully saturated rings. The van der Waals surface area contributed by atoms with Crippen LogP contribution >= 0.6 is 0 Å². The number of hydrogen-bond acceptors (Lipinski definition) is 4. The minimum atomic E-state index is -0.505. The Balaban J connectivity index is 2.03. The number of carbonyl (C=O) groups is 1. The van der Waals surface area contributed by atoms with Crippen molar-refractivity contribution in [3.8, 4) is 5.75 Å². The lowest BCUT2D eigenvalue weighted by Crippen LogP contribution is -2.08. The predicted octanol–water partition coefficient (Wildman–Crippen LogP) is 4.43. The van der Waals surface area contributed by atoms with Gasteiger partial charge < -0.3 is 10.1 Å².